The van der Waals surface area contributed by atoms with Crippen molar-refractivity contribution in [2.45, 2.75) is 38.4 Å². The van der Waals surface area contributed by atoms with Gasteiger partial charge in [-0.25, -0.2) is 0 Å². The zero-order valence-corrected chi connectivity index (χ0v) is 12.2. The summed E-state index contributed by atoms with van der Waals surface area (Å²) in [5.74, 6) is 0.0625. The zero-order valence-electron chi connectivity index (χ0n) is 12.2. The molecule has 110 valence electrons. The van der Waals surface area contributed by atoms with Crippen molar-refractivity contribution in [2.24, 2.45) is 5.73 Å². The number of fused-ring (bicyclic) bond motifs is 1. The standard InChI is InChI=1S/C17H21N3O/c1-11-16(7-4-8-17(21)19-11)20-10-15-13(9-18)5-3-6-14(15)12(20)2/h3,5-6,16H,1-2,4,7-10,18H2,(H,19,21)/t16-/m0/s1. The van der Waals surface area contributed by atoms with Crippen molar-refractivity contribution in [3.63, 3.8) is 0 Å². The predicted octanol–water partition coefficient (Wildman–Crippen LogP) is 2.11. The van der Waals surface area contributed by atoms with Crippen LogP contribution in [0.4, 0.5) is 0 Å². The molecule has 0 aliphatic carbocycles. The van der Waals surface area contributed by atoms with Crippen LogP contribution in [0.3, 0.4) is 0 Å². The lowest BCUT2D eigenvalue weighted by molar-refractivity contribution is -0.120. The van der Waals surface area contributed by atoms with Crippen molar-refractivity contribution in [3.8, 4) is 0 Å². The van der Waals surface area contributed by atoms with Crippen LogP contribution in [0.5, 0.6) is 0 Å². The predicted molar refractivity (Wildman–Crippen MR) is 83.8 cm³/mol. The Balaban J connectivity index is 1.90. The molecular formula is C17H21N3O. The molecule has 4 heteroatoms. The number of nitrogens with two attached hydrogens (primary N) is 1. The van der Waals surface area contributed by atoms with Gasteiger partial charge in [0.1, 0.15) is 0 Å². The summed E-state index contributed by atoms with van der Waals surface area (Å²) < 4.78 is 0. The number of benzene rings is 1. The van der Waals surface area contributed by atoms with Crippen molar-refractivity contribution in [1.82, 2.24) is 10.2 Å². The molecule has 3 N–H and O–H groups in total. The fraction of sp³-hybridized carbons (Fsp3) is 0.353. The molecule has 1 atom stereocenters. The van der Waals surface area contributed by atoms with Gasteiger partial charge in [-0.2, -0.15) is 0 Å². The van der Waals surface area contributed by atoms with E-state index < -0.39 is 0 Å². The van der Waals surface area contributed by atoms with E-state index in [0.29, 0.717) is 13.0 Å². The Morgan fingerprint density at radius 2 is 2.19 bits per heavy atom. The number of carbonyl (C=O) groups excluding carboxylic acids is 1. The Bertz CT molecular complexity index is 620. The van der Waals surface area contributed by atoms with Crippen LogP contribution >= 0.6 is 0 Å². The van der Waals surface area contributed by atoms with Crippen LogP contribution in [0.25, 0.3) is 5.70 Å². The van der Waals surface area contributed by atoms with Crippen molar-refractivity contribution >= 4 is 11.6 Å². The van der Waals surface area contributed by atoms with Crippen LogP contribution in [0.2, 0.25) is 0 Å². The summed E-state index contributed by atoms with van der Waals surface area (Å²) in [6, 6.07) is 6.30. The van der Waals surface area contributed by atoms with Crippen LogP contribution in [0.1, 0.15) is 36.0 Å². The molecule has 4 nitrogen and oxygen atoms in total. The fourth-order valence-corrected chi connectivity index (χ4v) is 3.30. The van der Waals surface area contributed by atoms with Gasteiger partial charge < -0.3 is 16.0 Å². The van der Waals surface area contributed by atoms with Gasteiger partial charge in [0.2, 0.25) is 5.91 Å². The number of nitrogens with zero attached hydrogens (tertiary/aromatic N) is 1. The van der Waals surface area contributed by atoms with Crippen molar-refractivity contribution in [3.05, 3.63) is 53.7 Å². The monoisotopic (exact) mass is 283 g/mol. The number of rotatable bonds is 2. The largest absolute Gasteiger partial charge is 0.359 e. The molecule has 1 amide bonds. The summed E-state index contributed by atoms with van der Waals surface area (Å²) >= 11 is 0. The molecule has 2 aliphatic rings. The lowest BCUT2D eigenvalue weighted by atomic mass is 10.0. The highest BCUT2D eigenvalue weighted by atomic mass is 16.1. The number of carbonyl (C=O) groups is 1. The number of hydrogen-bond donors (Lipinski definition) is 2. The number of amides is 1. The number of nitrogens with one attached hydrogen (secondary N) is 1. The number of hydrogen-bond acceptors (Lipinski definition) is 3. The van der Waals surface area contributed by atoms with E-state index in [1.165, 1.54) is 16.7 Å². The molecule has 1 fully saturated rings. The molecule has 3 rings (SSSR count). The minimum absolute atomic E-state index is 0.0625. The Kier molecular flexibility index (Phi) is 3.55. The minimum atomic E-state index is 0.0625. The van der Waals surface area contributed by atoms with Crippen molar-refractivity contribution in [2.75, 3.05) is 0 Å². The van der Waals surface area contributed by atoms with E-state index in [1.807, 2.05) is 6.07 Å². The lowest BCUT2D eigenvalue weighted by Crippen LogP contribution is -2.36. The van der Waals surface area contributed by atoms with Crippen LogP contribution in [-0.4, -0.2) is 16.8 Å². The topological polar surface area (TPSA) is 58.4 Å². The third-order valence-electron chi connectivity index (χ3n) is 4.44. The highest BCUT2D eigenvalue weighted by molar-refractivity contribution is 5.78. The van der Waals surface area contributed by atoms with E-state index in [4.69, 9.17) is 5.73 Å². The Hall–Kier alpha value is -2.07. The molecule has 2 aliphatic heterocycles. The smallest absolute Gasteiger partial charge is 0.224 e. The second kappa shape index (κ2) is 5.37. The maximum absolute atomic E-state index is 11.6. The second-order valence-electron chi connectivity index (χ2n) is 5.70. The van der Waals surface area contributed by atoms with E-state index in [2.05, 4.69) is 35.5 Å². The second-order valence-corrected chi connectivity index (χ2v) is 5.70. The van der Waals surface area contributed by atoms with Gasteiger partial charge in [-0.15, -0.1) is 0 Å². The summed E-state index contributed by atoms with van der Waals surface area (Å²) in [5.41, 5.74) is 11.2. The summed E-state index contributed by atoms with van der Waals surface area (Å²) in [4.78, 5) is 13.9. The molecule has 1 aromatic carbocycles. The first kappa shape index (κ1) is 13.9. The Morgan fingerprint density at radius 1 is 1.38 bits per heavy atom. The van der Waals surface area contributed by atoms with Gasteiger partial charge in [0.15, 0.2) is 0 Å². The van der Waals surface area contributed by atoms with Crippen LogP contribution in [0, 0.1) is 0 Å². The van der Waals surface area contributed by atoms with Gasteiger partial charge in [-0.3, -0.25) is 4.79 Å². The molecule has 1 saturated heterocycles. The SMILES string of the molecule is C=C1NC(=O)CCC[C@@H]1N1Cc2c(CN)cccc2C1=C. The average Bonchev–Trinajstić information content (AvgIpc) is 2.70. The van der Waals surface area contributed by atoms with Gasteiger partial charge in [0, 0.05) is 36.5 Å². The van der Waals surface area contributed by atoms with E-state index in [1.54, 1.807) is 0 Å². The van der Waals surface area contributed by atoms with Gasteiger partial charge in [0.25, 0.3) is 0 Å². The van der Waals surface area contributed by atoms with Crippen LogP contribution in [0.15, 0.2) is 37.1 Å². The van der Waals surface area contributed by atoms with E-state index >= 15 is 0 Å². The quantitative estimate of drug-likeness (QED) is 0.874. The van der Waals surface area contributed by atoms with Crippen LogP contribution < -0.4 is 11.1 Å². The zero-order chi connectivity index (χ0) is 15.0. The van der Waals surface area contributed by atoms with Crippen molar-refractivity contribution in [1.29, 1.82) is 0 Å². The maximum atomic E-state index is 11.6. The lowest BCUT2D eigenvalue weighted by Gasteiger charge is -2.30. The summed E-state index contributed by atoms with van der Waals surface area (Å²) in [7, 11) is 0. The molecule has 21 heavy (non-hydrogen) atoms. The molecular weight excluding hydrogens is 262 g/mol. The summed E-state index contributed by atoms with van der Waals surface area (Å²) in [6.07, 6.45) is 2.36. The highest BCUT2D eigenvalue weighted by Gasteiger charge is 2.32. The molecule has 0 aromatic heterocycles. The molecule has 0 saturated carbocycles. The van der Waals surface area contributed by atoms with Crippen LogP contribution in [-0.2, 0) is 17.9 Å². The van der Waals surface area contributed by atoms with E-state index in [9.17, 15) is 4.79 Å². The Morgan fingerprint density at radius 3 is 2.95 bits per heavy atom. The van der Waals surface area contributed by atoms with E-state index in [0.717, 1.165) is 30.8 Å². The first-order valence-corrected chi connectivity index (χ1v) is 7.37. The highest BCUT2D eigenvalue weighted by Crippen LogP contribution is 2.37. The Labute approximate surface area is 125 Å². The summed E-state index contributed by atoms with van der Waals surface area (Å²) in [5, 5.41) is 2.90. The molecule has 1 aromatic rings. The molecule has 0 radical (unpaired) electrons. The first-order chi connectivity index (χ1) is 10.1. The molecule has 0 spiro atoms. The molecule has 0 bridgehead atoms. The minimum Gasteiger partial charge on any atom is -0.359 e. The molecule has 0 unspecified atom stereocenters. The third kappa shape index (κ3) is 2.36. The fourth-order valence-electron chi connectivity index (χ4n) is 3.30. The van der Waals surface area contributed by atoms with Gasteiger partial charge in [0.05, 0.1) is 6.04 Å². The first-order valence-electron chi connectivity index (χ1n) is 7.37. The van der Waals surface area contributed by atoms with Gasteiger partial charge in [-0.05, 0) is 24.0 Å². The van der Waals surface area contributed by atoms with Gasteiger partial charge >= 0.3 is 0 Å². The molecule has 2 heterocycles. The van der Waals surface area contributed by atoms with E-state index in [-0.39, 0.29) is 11.9 Å². The third-order valence-corrected chi connectivity index (χ3v) is 4.44. The average molecular weight is 283 g/mol. The van der Waals surface area contributed by atoms with Gasteiger partial charge in [-0.1, -0.05) is 31.4 Å². The normalized spacial score (nSPS) is 22.0. The summed E-state index contributed by atoms with van der Waals surface area (Å²) in [6.45, 7) is 9.62. The maximum Gasteiger partial charge on any atom is 0.224 e. The van der Waals surface area contributed by atoms with Crippen molar-refractivity contribution < 1.29 is 4.79 Å².